The molecular weight excluding hydrogens is 352 g/mol. The zero-order valence-corrected chi connectivity index (χ0v) is 15.6. The van der Waals surface area contributed by atoms with E-state index in [1.54, 1.807) is 0 Å². The van der Waals surface area contributed by atoms with Crippen molar-refractivity contribution in [3.05, 3.63) is 22.2 Å². The third kappa shape index (κ3) is 2.04. The molecule has 5 atom stereocenters. The Morgan fingerprint density at radius 1 is 1.09 bits per heavy atom. The Bertz CT molecular complexity index is 646. The summed E-state index contributed by atoms with van der Waals surface area (Å²) < 4.78 is 0. The second kappa shape index (κ2) is 5.15. The maximum atomic E-state index is 12.4. The first-order valence-electron chi connectivity index (χ1n) is 8.98. The van der Waals surface area contributed by atoms with E-state index in [9.17, 15) is 9.59 Å². The van der Waals surface area contributed by atoms with Gasteiger partial charge in [0.05, 0.1) is 0 Å². The molecule has 3 fully saturated rings. The summed E-state index contributed by atoms with van der Waals surface area (Å²) in [5, 5.41) is 0. The standard InChI is InChI=1S/C20H25BrO2/c1-19-8-7-16-14(15(19)5-6-18(19)23)4-3-13-9-17(22)12(11-21)10-20(13,16)2/h9,11,14-16H,3-8,10H2,1-2H3/b12-11-/t14-,15-,16-,19-,20-/m0/s1. The van der Waals surface area contributed by atoms with E-state index in [-0.39, 0.29) is 16.6 Å². The minimum Gasteiger partial charge on any atom is -0.299 e. The van der Waals surface area contributed by atoms with Gasteiger partial charge in [-0.15, -0.1) is 0 Å². The van der Waals surface area contributed by atoms with Crippen LogP contribution in [0.2, 0.25) is 0 Å². The molecule has 0 heterocycles. The van der Waals surface area contributed by atoms with Crippen molar-refractivity contribution in [2.75, 3.05) is 0 Å². The molecular formula is C20H25BrO2. The average molecular weight is 377 g/mol. The zero-order valence-electron chi connectivity index (χ0n) is 14.0. The summed E-state index contributed by atoms with van der Waals surface area (Å²) in [5.41, 5.74) is 2.34. The van der Waals surface area contributed by atoms with Crippen LogP contribution in [0.15, 0.2) is 22.2 Å². The van der Waals surface area contributed by atoms with Gasteiger partial charge in [0, 0.05) is 17.4 Å². The van der Waals surface area contributed by atoms with Gasteiger partial charge in [0.1, 0.15) is 5.78 Å². The van der Waals surface area contributed by atoms with Gasteiger partial charge >= 0.3 is 0 Å². The first kappa shape index (κ1) is 15.8. The number of fused-ring (bicyclic) bond motifs is 5. The molecule has 0 spiro atoms. The quantitative estimate of drug-likeness (QED) is 0.558. The van der Waals surface area contributed by atoms with Crippen LogP contribution in [0.3, 0.4) is 0 Å². The highest BCUT2D eigenvalue weighted by Crippen LogP contribution is 2.64. The fraction of sp³-hybridized carbons (Fsp3) is 0.700. The van der Waals surface area contributed by atoms with Crippen LogP contribution in [-0.2, 0) is 9.59 Å². The van der Waals surface area contributed by atoms with Gasteiger partial charge in [0.25, 0.3) is 0 Å². The molecule has 3 heteroatoms. The van der Waals surface area contributed by atoms with Crippen molar-refractivity contribution in [1.82, 2.24) is 0 Å². The van der Waals surface area contributed by atoms with Crippen molar-refractivity contribution in [2.45, 2.75) is 58.8 Å². The third-order valence-electron chi connectivity index (χ3n) is 7.76. The van der Waals surface area contributed by atoms with Crippen LogP contribution in [0.5, 0.6) is 0 Å². The van der Waals surface area contributed by atoms with Crippen LogP contribution >= 0.6 is 15.9 Å². The second-order valence-electron chi connectivity index (χ2n) is 8.60. The molecule has 0 aromatic carbocycles. The number of ketones is 2. The van der Waals surface area contributed by atoms with E-state index in [1.807, 2.05) is 11.1 Å². The predicted octanol–water partition coefficient (Wildman–Crippen LogP) is 4.98. The summed E-state index contributed by atoms with van der Waals surface area (Å²) in [5.74, 6) is 2.55. The summed E-state index contributed by atoms with van der Waals surface area (Å²) in [6.45, 7) is 4.60. The van der Waals surface area contributed by atoms with Crippen molar-refractivity contribution in [1.29, 1.82) is 0 Å². The van der Waals surface area contributed by atoms with Gasteiger partial charge in [-0.3, -0.25) is 9.59 Å². The molecule has 0 amide bonds. The van der Waals surface area contributed by atoms with Gasteiger partial charge in [0.2, 0.25) is 0 Å². The highest BCUT2D eigenvalue weighted by molar-refractivity contribution is 9.11. The van der Waals surface area contributed by atoms with Crippen molar-refractivity contribution >= 4 is 27.5 Å². The molecule has 0 radical (unpaired) electrons. The number of Topliss-reactive ketones (excluding diaryl/α,β-unsaturated/α-hetero) is 1. The topological polar surface area (TPSA) is 34.1 Å². The maximum absolute atomic E-state index is 12.4. The van der Waals surface area contributed by atoms with E-state index in [0.717, 1.165) is 44.1 Å². The van der Waals surface area contributed by atoms with E-state index in [4.69, 9.17) is 0 Å². The number of rotatable bonds is 0. The van der Waals surface area contributed by atoms with E-state index < -0.39 is 0 Å². The molecule has 4 aliphatic rings. The Balaban J connectivity index is 1.73. The molecule has 0 bridgehead atoms. The van der Waals surface area contributed by atoms with Gasteiger partial charge in [-0.25, -0.2) is 0 Å². The number of hydrogen-bond donors (Lipinski definition) is 0. The lowest BCUT2D eigenvalue weighted by atomic mass is 9.47. The first-order valence-corrected chi connectivity index (χ1v) is 9.89. The van der Waals surface area contributed by atoms with Crippen LogP contribution < -0.4 is 0 Å². The highest BCUT2D eigenvalue weighted by atomic mass is 79.9. The fourth-order valence-electron chi connectivity index (χ4n) is 6.41. The molecule has 0 aromatic heterocycles. The monoisotopic (exact) mass is 376 g/mol. The van der Waals surface area contributed by atoms with E-state index in [1.165, 1.54) is 12.0 Å². The van der Waals surface area contributed by atoms with Crippen LogP contribution in [0, 0.1) is 28.6 Å². The van der Waals surface area contributed by atoms with Crippen molar-refractivity contribution in [2.24, 2.45) is 28.6 Å². The highest BCUT2D eigenvalue weighted by Gasteiger charge is 2.59. The molecule has 0 aliphatic heterocycles. The van der Waals surface area contributed by atoms with E-state index >= 15 is 0 Å². The normalized spacial score (nSPS) is 47.9. The van der Waals surface area contributed by atoms with E-state index in [2.05, 4.69) is 29.8 Å². The predicted molar refractivity (Wildman–Crippen MR) is 94.1 cm³/mol. The average Bonchev–Trinajstić information content (AvgIpc) is 2.83. The minimum absolute atomic E-state index is 0.0582. The van der Waals surface area contributed by atoms with Gasteiger partial charge < -0.3 is 0 Å². The van der Waals surface area contributed by atoms with Crippen LogP contribution in [0.1, 0.15) is 58.8 Å². The van der Waals surface area contributed by atoms with Crippen LogP contribution in [0.25, 0.3) is 0 Å². The van der Waals surface area contributed by atoms with E-state index in [0.29, 0.717) is 23.5 Å². The molecule has 2 nitrogen and oxygen atoms in total. The van der Waals surface area contributed by atoms with Crippen molar-refractivity contribution in [3.8, 4) is 0 Å². The largest absolute Gasteiger partial charge is 0.299 e. The Kier molecular flexibility index (Phi) is 3.54. The van der Waals surface area contributed by atoms with Gasteiger partial charge in [0.15, 0.2) is 5.78 Å². The molecule has 4 rings (SSSR count). The molecule has 124 valence electrons. The first-order chi connectivity index (χ1) is 10.9. The summed E-state index contributed by atoms with van der Waals surface area (Å²) in [6, 6.07) is 0. The molecule has 0 N–H and O–H groups in total. The molecule has 3 saturated carbocycles. The minimum atomic E-state index is -0.0582. The van der Waals surface area contributed by atoms with Gasteiger partial charge in [-0.1, -0.05) is 35.4 Å². The summed E-state index contributed by atoms with van der Waals surface area (Å²) in [4.78, 5) is 26.5. The van der Waals surface area contributed by atoms with Crippen LogP contribution in [0.4, 0.5) is 0 Å². The molecule has 0 unspecified atom stereocenters. The third-order valence-corrected chi connectivity index (χ3v) is 8.31. The number of carbonyl (C=O) groups excluding carboxylic acids is 2. The lowest BCUT2D eigenvalue weighted by molar-refractivity contribution is -0.132. The number of carbonyl (C=O) groups is 2. The summed E-state index contributed by atoms with van der Waals surface area (Å²) >= 11 is 3.38. The fourth-order valence-corrected chi connectivity index (χ4v) is 6.79. The van der Waals surface area contributed by atoms with Crippen molar-refractivity contribution in [3.63, 3.8) is 0 Å². The Hall–Kier alpha value is -0.700. The lowest BCUT2D eigenvalue weighted by Gasteiger charge is -2.57. The zero-order chi connectivity index (χ0) is 16.4. The second-order valence-corrected chi connectivity index (χ2v) is 9.05. The lowest BCUT2D eigenvalue weighted by Crippen LogP contribution is -2.50. The molecule has 0 saturated heterocycles. The Morgan fingerprint density at radius 2 is 1.83 bits per heavy atom. The number of hydrogen-bond acceptors (Lipinski definition) is 2. The van der Waals surface area contributed by atoms with Crippen LogP contribution in [-0.4, -0.2) is 11.6 Å². The molecule has 23 heavy (non-hydrogen) atoms. The summed E-state index contributed by atoms with van der Waals surface area (Å²) in [6.07, 6.45) is 9.05. The number of halogens is 1. The Labute approximate surface area is 146 Å². The molecule has 4 aliphatic carbocycles. The SMILES string of the molecule is C[C@]12C/C(=C/Br)C(=O)C=C1CC[C@@H]1[C@@H]2CC[C@]2(C)C(=O)CC[C@@H]12. The number of allylic oxidation sites excluding steroid dienone is 2. The molecule has 0 aromatic rings. The smallest absolute Gasteiger partial charge is 0.182 e. The van der Waals surface area contributed by atoms with Gasteiger partial charge in [-0.05, 0) is 72.8 Å². The summed E-state index contributed by atoms with van der Waals surface area (Å²) in [7, 11) is 0. The maximum Gasteiger partial charge on any atom is 0.182 e. The van der Waals surface area contributed by atoms with Crippen molar-refractivity contribution < 1.29 is 9.59 Å². The van der Waals surface area contributed by atoms with Gasteiger partial charge in [-0.2, -0.15) is 0 Å². The Morgan fingerprint density at radius 3 is 2.57 bits per heavy atom.